The summed E-state index contributed by atoms with van der Waals surface area (Å²) in [5.74, 6) is 1.06. The van der Waals surface area contributed by atoms with Crippen molar-refractivity contribution in [3.63, 3.8) is 0 Å². The number of nitrogens with zero attached hydrogens (tertiary/aromatic N) is 2. The van der Waals surface area contributed by atoms with Gasteiger partial charge in [-0.05, 0) is 66.2 Å². The minimum Gasteiger partial charge on any atom is -0.487 e. The molecule has 2 aromatic heterocycles. The zero-order valence-electron chi connectivity index (χ0n) is 19.9. The molecular formula is C28H22ClFN4O4. The second kappa shape index (κ2) is 11.3. The van der Waals surface area contributed by atoms with Crippen LogP contribution >= 0.6 is 11.6 Å². The first-order valence-electron chi connectivity index (χ1n) is 11.6. The van der Waals surface area contributed by atoms with Crippen molar-refractivity contribution in [2.24, 2.45) is 0 Å². The summed E-state index contributed by atoms with van der Waals surface area (Å²) in [6.45, 7) is 0.342. The first-order chi connectivity index (χ1) is 18.4. The fourth-order valence-electron chi connectivity index (χ4n) is 3.85. The minimum atomic E-state index is -0.932. The Hall–Kier alpha value is -4.47. The van der Waals surface area contributed by atoms with E-state index < -0.39 is 5.97 Å². The van der Waals surface area contributed by atoms with Gasteiger partial charge in [0, 0.05) is 16.6 Å². The van der Waals surface area contributed by atoms with Crippen molar-refractivity contribution in [1.82, 2.24) is 15.3 Å². The average Bonchev–Trinajstić information content (AvgIpc) is 3.37. The van der Waals surface area contributed by atoms with Gasteiger partial charge in [-0.25, -0.2) is 14.4 Å². The topological polar surface area (TPSA) is 110 Å². The Morgan fingerprint density at radius 3 is 2.76 bits per heavy atom. The van der Waals surface area contributed by atoms with Crippen molar-refractivity contribution >= 4 is 40.0 Å². The van der Waals surface area contributed by atoms with E-state index in [9.17, 15) is 9.18 Å². The van der Waals surface area contributed by atoms with E-state index in [0.717, 1.165) is 16.5 Å². The van der Waals surface area contributed by atoms with Gasteiger partial charge in [0.2, 0.25) is 0 Å². The molecular weight excluding hydrogens is 511 g/mol. The molecule has 0 radical (unpaired) electrons. The van der Waals surface area contributed by atoms with Gasteiger partial charge in [-0.1, -0.05) is 23.7 Å². The summed E-state index contributed by atoms with van der Waals surface area (Å²) in [5, 5.41) is 16.0. The predicted molar refractivity (Wildman–Crippen MR) is 142 cm³/mol. The van der Waals surface area contributed by atoms with Crippen LogP contribution < -0.4 is 15.4 Å². The van der Waals surface area contributed by atoms with E-state index in [1.807, 2.05) is 30.3 Å². The van der Waals surface area contributed by atoms with Crippen LogP contribution in [0.25, 0.3) is 22.2 Å². The number of carboxylic acid groups (broad SMARTS) is 1. The van der Waals surface area contributed by atoms with Gasteiger partial charge < -0.3 is 19.6 Å². The Labute approximate surface area is 222 Å². The van der Waals surface area contributed by atoms with Crippen LogP contribution in [0.2, 0.25) is 5.02 Å². The Morgan fingerprint density at radius 1 is 1.05 bits per heavy atom. The summed E-state index contributed by atoms with van der Waals surface area (Å²) in [6.07, 6.45) is 1.47. The number of halogens is 2. The second-order valence-corrected chi connectivity index (χ2v) is 8.81. The van der Waals surface area contributed by atoms with Crippen LogP contribution in [-0.2, 0) is 17.9 Å². The molecule has 38 heavy (non-hydrogen) atoms. The van der Waals surface area contributed by atoms with Crippen LogP contribution in [0.4, 0.5) is 15.9 Å². The van der Waals surface area contributed by atoms with Crippen molar-refractivity contribution in [1.29, 1.82) is 0 Å². The smallest absolute Gasteiger partial charge is 0.317 e. The van der Waals surface area contributed by atoms with Gasteiger partial charge >= 0.3 is 5.97 Å². The van der Waals surface area contributed by atoms with E-state index in [1.165, 1.54) is 18.5 Å². The lowest BCUT2D eigenvalue weighted by Crippen LogP contribution is -2.21. The van der Waals surface area contributed by atoms with Gasteiger partial charge in [0.05, 0.1) is 23.6 Å². The van der Waals surface area contributed by atoms with Crippen molar-refractivity contribution in [2.75, 3.05) is 11.9 Å². The van der Waals surface area contributed by atoms with E-state index in [2.05, 4.69) is 20.6 Å². The molecule has 5 rings (SSSR count). The number of aromatic nitrogens is 2. The molecule has 0 saturated heterocycles. The van der Waals surface area contributed by atoms with Gasteiger partial charge in [0.25, 0.3) is 0 Å². The number of hydrogen-bond acceptors (Lipinski definition) is 7. The first-order valence-corrected chi connectivity index (χ1v) is 12.0. The third kappa shape index (κ3) is 6.08. The van der Waals surface area contributed by atoms with Crippen LogP contribution in [0.15, 0.2) is 83.5 Å². The average molecular weight is 533 g/mol. The molecule has 3 N–H and O–H groups in total. The molecule has 5 aromatic rings. The lowest BCUT2D eigenvalue weighted by molar-refractivity contribution is -0.136. The zero-order valence-corrected chi connectivity index (χ0v) is 20.7. The molecule has 10 heteroatoms. The van der Waals surface area contributed by atoms with E-state index in [4.69, 9.17) is 25.9 Å². The number of furan rings is 1. The number of aliphatic carboxylic acids is 1. The quantitative estimate of drug-likeness (QED) is 0.196. The number of fused-ring (bicyclic) bond motifs is 1. The monoisotopic (exact) mass is 532 g/mol. The number of carbonyl (C=O) groups is 1. The zero-order chi connectivity index (χ0) is 26.5. The van der Waals surface area contributed by atoms with Crippen molar-refractivity contribution < 1.29 is 23.4 Å². The number of carboxylic acids is 1. The van der Waals surface area contributed by atoms with Crippen LogP contribution in [0.3, 0.4) is 0 Å². The van der Waals surface area contributed by atoms with Crippen LogP contribution in [0.1, 0.15) is 11.3 Å². The summed E-state index contributed by atoms with van der Waals surface area (Å²) in [4.78, 5) is 19.5. The van der Waals surface area contributed by atoms with Gasteiger partial charge in [0.1, 0.15) is 41.8 Å². The van der Waals surface area contributed by atoms with E-state index in [0.29, 0.717) is 45.9 Å². The molecule has 0 aliphatic heterocycles. The molecule has 0 unspecified atom stereocenters. The molecule has 2 heterocycles. The summed E-state index contributed by atoms with van der Waals surface area (Å²) in [6, 6.07) is 20.8. The predicted octanol–water partition coefficient (Wildman–Crippen LogP) is 6.18. The highest BCUT2D eigenvalue weighted by atomic mass is 35.5. The SMILES string of the molecule is O=C(O)CNCc1ccc(-c2ccc3ncnc(Nc4ccc(OCc5cccc(F)c5)c(Cl)c4)c3c2)o1. The molecule has 0 amide bonds. The van der Waals surface area contributed by atoms with Crippen molar-refractivity contribution in [3.05, 3.63) is 101 Å². The fourth-order valence-corrected chi connectivity index (χ4v) is 4.09. The number of benzene rings is 3. The summed E-state index contributed by atoms with van der Waals surface area (Å²) < 4.78 is 25.0. The van der Waals surface area contributed by atoms with E-state index >= 15 is 0 Å². The Balaban J connectivity index is 1.32. The van der Waals surface area contributed by atoms with Crippen LogP contribution in [0, 0.1) is 5.82 Å². The van der Waals surface area contributed by atoms with Gasteiger partial charge in [0.15, 0.2) is 0 Å². The summed E-state index contributed by atoms with van der Waals surface area (Å²) >= 11 is 6.45. The van der Waals surface area contributed by atoms with Gasteiger partial charge in [-0.2, -0.15) is 0 Å². The molecule has 0 bridgehead atoms. The maximum absolute atomic E-state index is 13.4. The number of anilines is 2. The molecule has 0 saturated carbocycles. The van der Waals surface area contributed by atoms with Crippen LogP contribution in [0.5, 0.6) is 5.75 Å². The number of hydrogen-bond donors (Lipinski definition) is 3. The maximum atomic E-state index is 13.4. The highest BCUT2D eigenvalue weighted by Crippen LogP contribution is 2.32. The minimum absolute atomic E-state index is 0.150. The number of nitrogens with one attached hydrogen (secondary N) is 2. The van der Waals surface area contributed by atoms with Crippen molar-refractivity contribution in [3.8, 4) is 17.1 Å². The largest absolute Gasteiger partial charge is 0.487 e. The van der Waals surface area contributed by atoms with Crippen molar-refractivity contribution in [2.45, 2.75) is 13.2 Å². The number of rotatable bonds is 10. The van der Waals surface area contributed by atoms with Crippen LogP contribution in [-0.4, -0.2) is 27.6 Å². The molecule has 0 spiro atoms. The summed E-state index contributed by atoms with van der Waals surface area (Å²) in [5.41, 5.74) is 2.95. The molecule has 0 fully saturated rings. The highest BCUT2D eigenvalue weighted by Gasteiger charge is 2.11. The third-order valence-corrected chi connectivity index (χ3v) is 5.93. The Bertz CT molecular complexity index is 1610. The number of ether oxygens (including phenoxy) is 1. The Kier molecular flexibility index (Phi) is 7.48. The lowest BCUT2D eigenvalue weighted by atomic mass is 10.1. The van der Waals surface area contributed by atoms with E-state index in [1.54, 1.807) is 30.3 Å². The highest BCUT2D eigenvalue weighted by molar-refractivity contribution is 6.32. The summed E-state index contributed by atoms with van der Waals surface area (Å²) in [7, 11) is 0. The third-order valence-electron chi connectivity index (χ3n) is 5.63. The van der Waals surface area contributed by atoms with Gasteiger partial charge in [-0.15, -0.1) is 0 Å². The maximum Gasteiger partial charge on any atom is 0.317 e. The fraction of sp³-hybridized carbons (Fsp3) is 0.107. The molecule has 192 valence electrons. The molecule has 0 aliphatic carbocycles. The van der Waals surface area contributed by atoms with E-state index in [-0.39, 0.29) is 19.0 Å². The lowest BCUT2D eigenvalue weighted by Gasteiger charge is -2.12. The second-order valence-electron chi connectivity index (χ2n) is 8.41. The molecule has 0 atom stereocenters. The Morgan fingerprint density at radius 2 is 1.95 bits per heavy atom. The van der Waals surface area contributed by atoms with Gasteiger partial charge in [-0.3, -0.25) is 10.1 Å². The molecule has 3 aromatic carbocycles. The molecule has 0 aliphatic rings. The normalized spacial score (nSPS) is 11.0. The first kappa shape index (κ1) is 25.2. The molecule has 8 nitrogen and oxygen atoms in total. The standard InChI is InChI=1S/C28H22ClFN4O4/c29-23-12-20(5-8-26(23)37-15-17-2-1-3-19(30)10-17)34-28-22-11-18(4-7-24(22)32-16-33-28)25-9-6-21(38-25)13-31-14-27(35)36/h1-12,16,31H,13-15H2,(H,35,36)(H,32,33,34).